The highest BCUT2D eigenvalue weighted by molar-refractivity contribution is 6.06. The summed E-state index contributed by atoms with van der Waals surface area (Å²) in [6.07, 6.45) is 0. The molecule has 0 heterocycles. The van der Waals surface area contributed by atoms with E-state index in [4.69, 9.17) is 5.73 Å². The van der Waals surface area contributed by atoms with Crippen LogP contribution in [-0.4, -0.2) is 10.8 Å². The Morgan fingerprint density at radius 3 is 2.33 bits per heavy atom. The highest BCUT2D eigenvalue weighted by Gasteiger charge is 2.12. The third kappa shape index (κ3) is 4.51. The van der Waals surface area contributed by atoms with Gasteiger partial charge in [-0.05, 0) is 42.5 Å². The third-order valence-corrected chi connectivity index (χ3v) is 3.64. The molecule has 3 aromatic rings. The molecule has 0 aliphatic heterocycles. The van der Waals surface area contributed by atoms with E-state index in [1.807, 2.05) is 18.2 Å². The van der Waals surface area contributed by atoms with Crippen molar-refractivity contribution < 1.29 is 9.72 Å². The van der Waals surface area contributed by atoms with E-state index in [9.17, 15) is 14.9 Å². The number of benzene rings is 3. The molecule has 0 bridgehead atoms. The van der Waals surface area contributed by atoms with Crippen LogP contribution in [0.25, 0.3) is 0 Å². The van der Waals surface area contributed by atoms with E-state index in [1.165, 1.54) is 24.3 Å². The molecule has 0 saturated carbocycles. The Labute approximate surface area is 154 Å². The van der Waals surface area contributed by atoms with Crippen molar-refractivity contribution in [3.05, 3.63) is 88.5 Å². The van der Waals surface area contributed by atoms with Crippen molar-refractivity contribution >= 4 is 34.3 Å². The molecule has 8 heteroatoms. The van der Waals surface area contributed by atoms with Crippen LogP contribution in [0.15, 0.2) is 83.0 Å². The molecule has 0 saturated heterocycles. The van der Waals surface area contributed by atoms with E-state index in [1.54, 1.807) is 30.3 Å². The normalized spacial score (nSPS) is 10.7. The predicted molar refractivity (Wildman–Crippen MR) is 103 cm³/mol. The van der Waals surface area contributed by atoms with E-state index < -0.39 is 10.8 Å². The summed E-state index contributed by atoms with van der Waals surface area (Å²) >= 11 is 0. The van der Waals surface area contributed by atoms with E-state index in [-0.39, 0.29) is 11.3 Å². The fraction of sp³-hybridized carbons (Fsp3) is 0. The van der Waals surface area contributed by atoms with Gasteiger partial charge in [0.15, 0.2) is 0 Å². The first-order valence-corrected chi connectivity index (χ1v) is 7.95. The Kier molecular flexibility index (Phi) is 5.17. The minimum absolute atomic E-state index is 0.0899. The van der Waals surface area contributed by atoms with Crippen molar-refractivity contribution in [3.8, 4) is 0 Å². The van der Waals surface area contributed by atoms with Crippen LogP contribution >= 0.6 is 0 Å². The van der Waals surface area contributed by atoms with E-state index in [0.29, 0.717) is 22.7 Å². The number of amides is 1. The summed E-state index contributed by atoms with van der Waals surface area (Å²) in [5.74, 6) is -0.438. The van der Waals surface area contributed by atoms with Crippen LogP contribution in [0.2, 0.25) is 0 Å². The number of non-ortho nitro benzene ring substituents is 1. The number of carbonyl (C=O) groups is 1. The molecule has 3 aromatic carbocycles. The number of nitro groups is 1. The lowest BCUT2D eigenvalue weighted by Crippen LogP contribution is -2.12. The number of carbonyl (C=O) groups excluding carboxylic acids is 1. The molecule has 0 spiro atoms. The molecule has 3 N–H and O–H groups in total. The van der Waals surface area contributed by atoms with Crippen LogP contribution in [0.5, 0.6) is 0 Å². The van der Waals surface area contributed by atoms with Gasteiger partial charge in [-0.2, -0.15) is 5.11 Å². The number of nitrogen functional groups attached to an aromatic ring is 1. The molecule has 0 fully saturated rings. The monoisotopic (exact) mass is 361 g/mol. The highest BCUT2D eigenvalue weighted by Crippen LogP contribution is 2.29. The average molecular weight is 361 g/mol. The summed E-state index contributed by atoms with van der Waals surface area (Å²) in [5.41, 5.74) is 7.93. The maximum Gasteiger partial charge on any atom is 0.269 e. The van der Waals surface area contributed by atoms with E-state index in [0.717, 1.165) is 0 Å². The van der Waals surface area contributed by atoms with Gasteiger partial charge in [0.2, 0.25) is 0 Å². The fourth-order valence-electron chi connectivity index (χ4n) is 2.28. The fourth-order valence-corrected chi connectivity index (χ4v) is 2.28. The lowest BCUT2D eigenvalue weighted by atomic mass is 10.2. The van der Waals surface area contributed by atoms with Crippen LogP contribution in [0, 0.1) is 10.1 Å². The second-order valence-corrected chi connectivity index (χ2v) is 5.57. The van der Waals surface area contributed by atoms with Gasteiger partial charge in [0.1, 0.15) is 5.69 Å². The van der Waals surface area contributed by atoms with E-state index in [2.05, 4.69) is 15.5 Å². The Bertz CT molecular complexity index is 1000. The van der Waals surface area contributed by atoms with Crippen molar-refractivity contribution in [3.63, 3.8) is 0 Å². The van der Waals surface area contributed by atoms with Gasteiger partial charge in [0.05, 0.1) is 16.3 Å². The van der Waals surface area contributed by atoms with Gasteiger partial charge in [-0.3, -0.25) is 14.9 Å². The standard InChI is InChI=1S/C19H15N5O3/c20-14-8-11-17(23-22-15-4-2-1-3-5-15)18(12-14)21-19(25)13-6-9-16(10-7-13)24(26)27/h1-12H,20H2,(H,21,25). The zero-order valence-electron chi connectivity index (χ0n) is 14.1. The third-order valence-electron chi connectivity index (χ3n) is 3.64. The molecule has 0 radical (unpaired) electrons. The Hall–Kier alpha value is -4.07. The van der Waals surface area contributed by atoms with Gasteiger partial charge in [-0.25, -0.2) is 0 Å². The van der Waals surface area contributed by atoms with Gasteiger partial charge in [-0.15, -0.1) is 5.11 Å². The number of nitrogens with one attached hydrogen (secondary N) is 1. The molecule has 0 aliphatic carbocycles. The number of nitro benzene ring substituents is 1. The number of azo groups is 1. The summed E-state index contributed by atoms with van der Waals surface area (Å²) in [6, 6.07) is 19.3. The predicted octanol–water partition coefficient (Wildman–Crippen LogP) is 4.84. The van der Waals surface area contributed by atoms with Crippen LogP contribution in [-0.2, 0) is 0 Å². The maximum atomic E-state index is 12.4. The lowest BCUT2D eigenvalue weighted by molar-refractivity contribution is -0.384. The largest absolute Gasteiger partial charge is 0.399 e. The molecular weight excluding hydrogens is 346 g/mol. The molecule has 0 aliphatic rings. The number of hydrogen-bond donors (Lipinski definition) is 2. The second-order valence-electron chi connectivity index (χ2n) is 5.57. The number of rotatable bonds is 5. The number of anilines is 2. The van der Waals surface area contributed by atoms with Gasteiger partial charge in [0, 0.05) is 23.4 Å². The van der Waals surface area contributed by atoms with Crippen LogP contribution in [0.3, 0.4) is 0 Å². The van der Waals surface area contributed by atoms with Gasteiger partial charge < -0.3 is 11.1 Å². The zero-order chi connectivity index (χ0) is 19.2. The Morgan fingerprint density at radius 1 is 0.963 bits per heavy atom. The van der Waals surface area contributed by atoms with Crippen molar-refractivity contribution in [2.75, 3.05) is 11.1 Å². The smallest absolute Gasteiger partial charge is 0.269 e. The molecule has 0 aromatic heterocycles. The molecule has 0 atom stereocenters. The lowest BCUT2D eigenvalue weighted by Gasteiger charge is -2.09. The summed E-state index contributed by atoms with van der Waals surface area (Å²) in [4.78, 5) is 22.6. The van der Waals surface area contributed by atoms with Crippen LogP contribution in [0.1, 0.15) is 10.4 Å². The first-order valence-electron chi connectivity index (χ1n) is 7.95. The summed E-state index contributed by atoms with van der Waals surface area (Å²) < 4.78 is 0. The molecule has 1 amide bonds. The molecular formula is C19H15N5O3. The SMILES string of the molecule is Nc1ccc(N=Nc2ccccc2)c(NC(=O)c2ccc([N+](=O)[O-])cc2)c1. The quantitative estimate of drug-likeness (QED) is 0.292. The first-order chi connectivity index (χ1) is 13.0. The van der Waals surface area contributed by atoms with Crippen LogP contribution in [0.4, 0.5) is 28.4 Å². The average Bonchev–Trinajstić information content (AvgIpc) is 2.68. The van der Waals surface area contributed by atoms with Crippen molar-refractivity contribution in [2.45, 2.75) is 0 Å². The number of hydrogen-bond acceptors (Lipinski definition) is 6. The summed E-state index contributed by atoms with van der Waals surface area (Å²) in [7, 11) is 0. The van der Waals surface area contributed by atoms with Gasteiger partial charge in [-0.1, -0.05) is 18.2 Å². The van der Waals surface area contributed by atoms with Gasteiger partial charge in [0.25, 0.3) is 11.6 Å². The highest BCUT2D eigenvalue weighted by atomic mass is 16.6. The number of nitrogens with two attached hydrogens (primary N) is 1. The minimum atomic E-state index is -0.526. The summed E-state index contributed by atoms with van der Waals surface area (Å²) in [6.45, 7) is 0. The van der Waals surface area contributed by atoms with Crippen LogP contribution < -0.4 is 11.1 Å². The number of nitrogens with zero attached hydrogens (tertiary/aromatic N) is 3. The zero-order valence-corrected chi connectivity index (χ0v) is 14.1. The Balaban J connectivity index is 1.83. The van der Waals surface area contributed by atoms with E-state index >= 15 is 0 Å². The Morgan fingerprint density at radius 2 is 1.67 bits per heavy atom. The second kappa shape index (κ2) is 7.87. The molecule has 0 unspecified atom stereocenters. The van der Waals surface area contributed by atoms with Crippen molar-refractivity contribution in [1.29, 1.82) is 0 Å². The summed E-state index contributed by atoms with van der Waals surface area (Å²) in [5, 5.41) is 21.7. The van der Waals surface area contributed by atoms with Crippen molar-refractivity contribution in [2.24, 2.45) is 10.2 Å². The molecule has 134 valence electrons. The maximum absolute atomic E-state index is 12.4. The van der Waals surface area contributed by atoms with Gasteiger partial charge >= 0.3 is 0 Å². The van der Waals surface area contributed by atoms with Crippen molar-refractivity contribution in [1.82, 2.24) is 0 Å². The first kappa shape index (κ1) is 17.7. The molecule has 3 rings (SSSR count). The molecule has 27 heavy (non-hydrogen) atoms. The minimum Gasteiger partial charge on any atom is -0.399 e. The topological polar surface area (TPSA) is 123 Å². The molecule has 8 nitrogen and oxygen atoms in total.